The van der Waals surface area contributed by atoms with Gasteiger partial charge in [-0.15, -0.1) is 0 Å². The predicted octanol–water partition coefficient (Wildman–Crippen LogP) is 20.4. The molecule has 0 radical (unpaired) electrons. The Morgan fingerprint density at radius 2 is 0.528 bits per heavy atom. The number of hydrogen-bond donors (Lipinski definition) is 0. The van der Waals surface area contributed by atoms with Gasteiger partial charge in [0, 0.05) is 0 Å². The zero-order valence-electron chi connectivity index (χ0n) is 39.4. The van der Waals surface area contributed by atoms with Crippen molar-refractivity contribution >= 4 is 86.2 Å². The second kappa shape index (κ2) is 16.1. The lowest BCUT2D eigenvalue weighted by Gasteiger charge is -2.21. The molecule has 15 aromatic rings. The fourth-order valence-electron chi connectivity index (χ4n) is 12.4. The van der Waals surface area contributed by atoms with Crippen molar-refractivity contribution in [3.8, 4) is 66.8 Å². The maximum atomic E-state index is 2.48. The van der Waals surface area contributed by atoms with Crippen LogP contribution in [0.2, 0.25) is 0 Å². The molecular weight excluding hydrogens is 865 g/mol. The summed E-state index contributed by atoms with van der Waals surface area (Å²) in [6.45, 7) is 0. The first kappa shape index (κ1) is 40.5. The minimum absolute atomic E-state index is 1.18. The Morgan fingerprint density at radius 1 is 0.153 bits per heavy atom. The first-order chi connectivity index (χ1) is 35.7. The van der Waals surface area contributed by atoms with E-state index < -0.39 is 0 Å². The van der Waals surface area contributed by atoms with E-state index in [0.717, 1.165) is 0 Å². The molecule has 0 heteroatoms. The Bertz CT molecular complexity index is 4540. The van der Waals surface area contributed by atoms with Gasteiger partial charge >= 0.3 is 0 Å². The third-order valence-electron chi connectivity index (χ3n) is 15.5. The maximum absolute atomic E-state index is 2.48. The van der Waals surface area contributed by atoms with Gasteiger partial charge in [-0.2, -0.15) is 0 Å². The van der Waals surface area contributed by atoms with Crippen LogP contribution in [0.5, 0.6) is 0 Å². The van der Waals surface area contributed by atoms with E-state index in [9.17, 15) is 0 Å². The molecule has 0 saturated carbocycles. The lowest BCUT2D eigenvalue weighted by Crippen LogP contribution is -1.94. The maximum Gasteiger partial charge on any atom is -0.00206 e. The average molecular weight is 909 g/mol. The number of rotatable bonds is 6. The smallest absolute Gasteiger partial charge is 0.00206 e. The van der Waals surface area contributed by atoms with Crippen molar-refractivity contribution in [2.75, 3.05) is 0 Å². The second-order valence-electron chi connectivity index (χ2n) is 19.5. The van der Waals surface area contributed by atoms with Crippen LogP contribution >= 0.6 is 0 Å². The van der Waals surface area contributed by atoms with Crippen LogP contribution in [-0.4, -0.2) is 0 Å². The van der Waals surface area contributed by atoms with Gasteiger partial charge in [-0.25, -0.2) is 0 Å². The summed E-state index contributed by atoms with van der Waals surface area (Å²) in [5.41, 5.74) is 14.6. The molecule has 332 valence electrons. The standard InChI is InChI=1S/C72H44/c1-2-17-46(18-3-1)68-58-24-6-10-28-62(58)70(63-29-11-7-25-59(63)68)55-42-54(51-22-15-23-52(40-51)57-38-36-49-34-33-47-20-14-21-48-37-39-66(57)72(49)67(47)48)43-56(44-55)71-64-30-12-8-26-60(64)69(61-27-9-13-31-65(61)71)53-35-32-45-16-4-5-19-50(45)41-53/h1-44H. The zero-order chi connectivity index (χ0) is 47.3. The van der Waals surface area contributed by atoms with Crippen LogP contribution in [0.3, 0.4) is 0 Å². The number of hydrogen-bond acceptors (Lipinski definition) is 0. The van der Waals surface area contributed by atoms with Crippen LogP contribution in [-0.2, 0) is 0 Å². The molecule has 15 rings (SSSR count). The van der Waals surface area contributed by atoms with Crippen LogP contribution in [0.1, 0.15) is 0 Å². The van der Waals surface area contributed by atoms with Crippen LogP contribution in [0.15, 0.2) is 267 Å². The summed E-state index contributed by atoms with van der Waals surface area (Å²) in [7, 11) is 0. The van der Waals surface area contributed by atoms with Crippen LogP contribution < -0.4 is 0 Å². The number of fused-ring (bicyclic) bond motifs is 5. The summed E-state index contributed by atoms with van der Waals surface area (Å²) < 4.78 is 0. The summed E-state index contributed by atoms with van der Waals surface area (Å²) in [5, 5.41) is 20.2. The quantitative estimate of drug-likeness (QED) is 0.115. The van der Waals surface area contributed by atoms with E-state index >= 15 is 0 Å². The summed E-state index contributed by atoms with van der Waals surface area (Å²) in [6.07, 6.45) is 0. The molecule has 0 aliphatic rings. The van der Waals surface area contributed by atoms with Crippen molar-refractivity contribution in [2.45, 2.75) is 0 Å². The summed E-state index contributed by atoms with van der Waals surface area (Å²) in [4.78, 5) is 0. The third kappa shape index (κ3) is 6.26. The fourth-order valence-corrected chi connectivity index (χ4v) is 12.4. The molecule has 0 atom stereocenters. The van der Waals surface area contributed by atoms with Gasteiger partial charge in [0.25, 0.3) is 0 Å². The summed E-state index contributed by atoms with van der Waals surface area (Å²) >= 11 is 0. The molecule has 0 aliphatic heterocycles. The van der Waals surface area contributed by atoms with Crippen molar-refractivity contribution in [1.29, 1.82) is 0 Å². The minimum atomic E-state index is 1.18. The lowest BCUT2D eigenvalue weighted by atomic mass is 9.82. The average Bonchev–Trinajstić information content (AvgIpc) is 3.45. The SMILES string of the molecule is c1ccc(-c2c3ccccc3c(-c3cc(-c4cccc(-c5ccc6ccc7cccc8ccc5c6c78)c4)cc(-c4c5ccccc5c(-c5ccc6ccccc6c5)c5ccccc45)c3)c3ccccc23)cc1. The van der Waals surface area contributed by atoms with E-state index in [0.29, 0.717) is 0 Å². The van der Waals surface area contributed by atoms with E-state index in [1.807, 2.05) is 0 Å². The molecule has 0 fully saturated rings. The van der Waals surface area contributed by atoms with Gasteiger partial charge in [-0.1, -0.05) is 237 Å². The Morgan fingerprint density at radius 3 is 1.11 bits per heavy atom. The normalized spacial score (nSPS) is 11.9. The molecule has 0 amide bonds. The first-order valence-electron chi connectivity index (χ1n) is 25.1. The van der Waals surface area contributed by atoms with Crippen molar-refractivity contribution in [3.63, 3.8) is 0 Å². The van der Waals surface area contributed by atoms with E-state index in [-0.39, 0.29) is 0 Å². The Balaban J connectivity index is 1.02. The molecule has 15 aromatic carbocycles. The van der Waals surface area contributed by atoms with Gasteiger partial charge < -0.3 is 0 Å². The van der Waals surface area contributed by atoms with Gasteiger partial charge in [0.15, 0.2) is 0 Å². The van der Waals surface area contributed by atoms with Crippen molar-refractivity contribution in [2.24, 2.45) is 0 Å². The number of benzene rings is 15. The molecule has 0 unspecified atom stereocenters. The fraction of sp³-hybridized carbons (Fsp3) is 0. The minimum Gasteiger partial charge on any atom is -0.0622 e. The topological polar surface area (TPSA) is 0 Å². The molecular formula is C72H44. The highest BCUT2D eigenvalue weighted by Crippen LogP contribution is 2.49. The molecule has 72 heavy (non-hydrogen) atoms. The van der Waals surface area contributed by atoms with Crippen molar-refractivity contribution < 1.29 is 0 Å². The molecule has 0 N–H and O–H groups in total. The van der Waals surface area contributed by atoms with E-state index in [2.05, 4.69) is 267 Å². The summed E-state index contributed by atoms with van der Waals surface area (Å²) in [5.74, 6) is 0. The van der Waals surface area contributed by atoms with Crippen LogP contribution in [0.25, 0.3) is 153 Å². The molecule has 0 heterocycles. The van der Waals surface area contributed by atoms with Crippen LogP contribution in [0.4, 0.5) is 0 Å². The van der Waals surface area contributed by atoms with Gasteiger partial charge in [0.2, 0.25) is 0 Å². The molecule has 0 spiro atoms. The van der Waals surface area contributed by atoms with Crippen molar-refractivity contribution in [3.05, 3.63) is 267 Å². The zero-order valence-corrected chi connectivity index (χ0v) is 39.4. The highest BCUT2D eigenvalue weighted by molar-refractivity contribution is 6.27. The van der Waals surface area contributed by atoms with E-state index in [1.165, 1.54) is 153 Å². The van der Waals surface area contributed by atoms with Crippen molar-refractivity contribution in [1.82, 2.24) is 0 Å². The van der Waals surface area contributed by atoms with E-state index in [4.69, 9.17) is 0 Å². The lowest BCUT2D eigenvalue weighted by molar-refractivity contribution is 1.59. The molecule has 0 aliphatic carbocycles. The molecule has 0 saturated heterocycles. The van der Waals surface area contributed by atoms with Gasteiger partial charge in [-0.3, -0.25) is 0 Å². The Hall–Kier alpha value is -9.36. The Labute approximate surface area is 417 Å². The van der Waals surface area contributed by atoms with Crippen LogP contribution in [0, 0.1) is 0 Å². The van der Waals surface area contributed by atoms with Gasteiger partial charge in [0.1, 0.15) is 0 Å². The van der Waals surface area contributed by atoms with E-state index in [1.54, 1.807) is 0 Å². The molecule has 0 nitrogen and oxygen atoms in total. The Kier molecular flexibility index (Phi) is 9.06. The second-order valence-corrected chi connectivity index (χ2v) is 19.5. The van der Waals surface area contributed by atoms with Gasteiger partial charge in [0.05, 0.1) is 0 Å². The first-order valence-corrected chi connectivity index (χ1v) is 25.1. The highest BCUT2D eigenvalue weighted by Gasteiger charge is 2.22. The largest absolute Gasteiger partial charge is 0.0622 e. The third-order valence-corrected chi connectivity index (χ3v) is 15.5. The molecule has 0 aromatic heterocycles. The van der Waals surface area contributed by atoms with Gasteiger partial charge in [-0.05, 0) is 183 Å². The highest BCUT2D eigenvalue weighted by atomic mass is 14.2. The summed E-state index contributed by atoms with van der Waals surface area (Å²) in [6, 6.07) is 99.8. The monoisotopic (exact) mass is 908 g/mol. The molecule has 0 bridgehead atoms. The predicted molar refractivity (Wildman–Crippen MR) is 310 cm³/mol.